The van der Waals surface area contributed by atoms with Gasteiger partial charge in [-0.2, -0.15) is 0 Å². The van der Waals surface area contributed by atoms with E-state index in [2.05, 4.69) is 6.92 Å². The van der Waals surface area contributed by atoms with Crippen molar-refractivity contribution in [2.24, 2.45) is 0 Å². The molecule has 0 aliphatic carbocycles. The van der Waals surface area contributed by atoms with Gasteiger partial charge in [0, 0.05) is 0 Å². The van der Waals surface area contributed by atoms with Crippen LogP contribution in [0.15, 0.2) is 24.3 Å². The summed E-state index contributed by atoms with van der Waals surface area (Å²) in [5.74, 6) is -0.359. The number of unbranched alkanes of at least 4 members (excludes halogenated alkanes) is 7. The van der Waals surface area contributed by atoms with Gasteiger partial charge in [0.1, 0.15) is 0 Å². The lowest BCUT2D eigenvalue weighted by atomic mass is 9.80. The summed E-state index contributed by atoms with van der Waals surface area (Å²) in [4.78, 5) is 11.8. The second-order valence-electron chi connectivity index (χ2n) is 5.61. The number of carbonyl (C=O) groups is 1. The number of esters is 1. The lowest BCUT2D eigenvalue weighted by Gasteiger charge is -2.06. The van der Waals surface area contributed by atoms with E-state index in [4.69, 9.17) is 14.8 Å². The van der Waals surface area contributed by atoms with Crippen molar-refractivity contribution in [1.29, 1.82) is 0 Å². The van der Waals surface area contributed by atoms with Gasteiger partial charge < -0.3 is 14.8 Å². The van der Waals surface area contributed by atoms with E-state index in [9.17, 15) is 4.79 Å². The third kappa shape index (κ3) is 7.62. The summed E-state index contributed by atoms with van der Waals surface area (Å²) in [6.45, 7) is 2.66. The van der Waals surface area contributed by atoms with Gasteiger partial charge in [0.2, 0.25) is 0 Å². The number of hydrogen-bond donors (Lipinski definition) is 2. The second kappa shape index (κ2) is 11.3. The van der Waals surface area contributed by atoms with Crippen LogP contribution in [0.2, 0.25) is 0 Å². The van der Waals surface area contributed by atoms with Crippen LogP contribution in [0, 0.1) is 0 Å². The third-order valence-electron chi connectivity index (χ3n) is 3.68. The number of carbonyl (C=O) groups excluding carboxylic acids is 1. The van der Waals surface area contributed by atoms with Crippen LogP contribution in [0.25, 0.3) is 0 Å². The fourth-order valence-corrected chi connectivity index (χ4v) is 2.28. The average molecular weight is 306 g/mol. The largest absolute Gasteiger partial charge is 0.488 e. The van der Waals surface area contributed by atoms with Crippen LogP contribution in [0.5, 0.6) is 0 Å². The quantitative estimate of drug-likeness (QED) is 0.375. The molecular weight excluding hydrogens is 279 g/mol. The smallest absolute Gasteiger partial charge is 0.462 e. The van der Waals surface area contributed by atoms with Crippen LogP contribution in [-0.4, -0.2) is 29.7 Å². The van der Waals surface area contributed by atoms with Gasteiger partial charge in [-0.1, -0.05) is 64.0 Å². The van der Waals surface area contributed by atoms with Crippen LogP contribution >= 0.6 is 0 Å². The van der Waals surface area contributed by atoms with Gasteiger partial charge in [-0.15, -0.1) is 0 Å². The molecule has 0 heterocycles. The van der Waals surface area contributed by atoms with Gasteiger partial charge in [-0.25, -0.2) is 4.79 Å². The first-order valence-corrected chi connectivity index (χ1v) is 8.28. The highest BCUT2D eigenvalue weighted by molar-refractivity contribution is 6.58. The van der Waals surface area contributed by atoms with Crippen molar-refractivity contribution in [2.45, 2.75) is 58.3 Å². The van der Waals surface area contributed by atoms with Crippen molar-refractivity contribution < 1.29 is 19.6 Å². The van der Waals surface area contributed by atoms with Gasteiger partial charge in [0.25, 0.3) is 0 Å². The molecule has 0 saturated carbocycles. The van der Waals surface area contributed by atoms with Gasteiger partial charge in [-0.05, 0) is 24.0 Å². The maximum atomic E-state index is 11.8. The third-order valence-corrected chi connectivity index (χ3v) is 3.68. The molecule has 5 heteroatoms. The fraction of sp³-hybridized carbons (Fsp3) is 0.588. The Morgan fingerprint density at radius 1 is 0.955 bits per heavy atom. The summed E-state index contributed by atoms with van der Waals surface area (Å²) in [6.07, 6.45) is 9.67. The fourth-order valence-electron chi connectivity index (χ4n) is 2.28. The van der Waals surface area contributed by atoms with E-state index in [0.717, 1.165) is 12.8 Å². The molecule has 0 fully saturated rings. The Morgan fingerprint density at radius 3 is 2.05 bits per heavy atom. The first-order valence-electron chi connectivity index (χ1n) is 8.28. The Hall–Kier alpha value is -1.33. The molecule has 1 aromatic rings. The summed E-state index contributed by atoms with van der Waals surface area (Å²) in [6, 6.07) is 6.12. The molecule has 22 heavy (non-hydrogen) atoms. The molecule has 0 aliphatic heterocycles. The van der Waals surface area contributed by atoms with E-state index >= 15 is 0 Å². The molecular formula is C17H27BO4. The van der Waals surface area contributed by atoms with Gasteiger partial charge in [0.05, 0.1) is 12.2 Å². The molecule has 0 amide bonds. The van der Waals surface area contributed by atoms with Crippen LogP contribution in [0.1, 0.15) is 68.6 Å². The van der Waals surface area contributed by atoms with Crippen molar-refractivity contribution in [2.75, 3.05) is 6.61 Å². The zero-order chi connectivity index (χ0) is 16.2. The second-order valence-corrected chi connectivity index (χ2v) is 5.61. The molecule has 0 spiro atoms. The molecule has 0 aromatic heterocycles. The van der Waals surface area contributed by atoms with Crippen molar-refractivity contribution in [3.05, 3.63) is 29.8 Å². The van der Waals surface area contributed by atoms with Gasteiger partial charge >= 0.3 is 13.1 Å². The van der Waals surface area contributed by atoms with Crippen molar-refractivity contribution in [3.8, 4) is 0 Å². The lowest BCUT2D eigenvalue weighted by molar-refractivity contribution is 0.0497. The molecule has 0 saturated heterocycles. The van der Waals surface area contributed by atoms with Gasteiger partial charge in [0.15, 0.2) is 0 Å². The SMILES string of the molecule is CCCCCCCCCCOC(=O)c1ccc(B(O)O)cc1. The Morgan fingerprint density at radius 2 is 1.50 bits per heavy atom. The van der Waals surface area contributed by atoms with E-state index in [1.165, 1.54) is 50.7 Å². The van der Waals surface area contributed by atoms with Crippen LogP contribution in [0.4, 0.5) is 0 Å². The summed E-state index contributed by atoms with van der Waals surface area (Å²) >= 11 is 0. The zero-order valence-electron chi connectivity index (χ0n) is 13.5. The van der Waals surface area contributed by atoms with Gasteiger partial charge in [-0.3, -0.25) is 0 Å². The van der Waals surface area contributed by atoms with E-state index < -0.39 is 7.12 Å². The molecule has 4 nitrogen and oxygen atoms in total. The first kappa shape index (κ1) is 18.7. The van der Waals surface area contributed by atoms with E-state index in [1.54, 1.807) is 12.1 Å². The molecule has 122 valence electrons. The Kier molecular flexibility index (Phi) is 9.59. The summed E-state index contributed by atoms with van der Waals surface area (Å²) in [7, 11) is -1.51. The Bertz CT molecular complexity index is 417. The normalized spacial score (nSPS) is 10.5. The minimum absolute atomic E-state index is 0.359. The van der Waals surface area contributed by atoms with Crippen LogP contribution in [0.3, 0.4) is 0 Å². The highest BCUT2D eigenvalue weighted by Gasteiger charge is 2.12. The minimum Gasteiger partial charge on any atom is -0.462 e. The molecule has 0 atom stereocenters. The molecule has 0 radical (unpaired) electrons. The minimum atomic E-state index is -1.51. The predicted molar refractivity (Wildman–Crippen MR) is 89.2 cm³/mol. The molecule has 0 unspecified atom stereocenters. The number of hydrogen-bond acceptors (Lipinski definition) is 4. The zero-order valence-corrected chi connectivity index (χ0v) is 13.5. The van der Waals surface area contributed by atoms with E-state index in [-0.39, 0.29) is 5.97 Å². The molecule has 1 aromatic carbocycles. The maximum Gasteiger partial charge on any atom is 0.488 e. The monoisotopic (exact) mass is 306 g/mol. The Balaban J connectivity index is 2.10. The standard InChI is InChI=1S/C17H27BO4/c1-2-3-4-5-6-7-8-9-14-22-17(19)15-10-12-16(13-11-15)18(20)21/h10-13,20-21H,2-9,14H2,1H3. The lowest BCUT2D eigenvalue weighted by Crippen LogP contribution is -2.29. The molecule has 1 rings (SSSR count). The van der Waals surface area contributed by atoms with E-state index in [0.29, 0.717) is 17.6 Å². The van der Waals surface area contributed by atoms with Crippen LogP contribution in [-0.2, 0) is 4.74 Å². The predicted octanol–water partition coefficient (Wildman–Crippen LogP) is 2.66. The summed E-state index contributed by atoms with van der Waals surface area (Å²) in [5, 5.41) is 18.0. The average Bonchev–Trinajstić information content (AvgIpc) is 2.53. The van der Waals surface area contributed by atoms with Crippen LogP contribution < -0.4 is 5.46 Å². The van der Waals surface area contributed by atoms with Crippen molar-refractivity contribution >= 4 is 18.6 Å². The number of ether oxygens (including phenoxy) is 1. The highest BCUT2D eigenvalue weighted by Crippen LogP contribution is 2.09. The number of rotatable bonds is 11. The highest BCUT2D eigenvalue weighted by atomic mass is 16.5. The maximum absolute atomic E-state index is 11.8. The summed E-state index contributed by atoms with van der Waals surface area (Å²) in [5.41, 5.74) is 0.795. The molecule has 0 bridgehead atoms. The van der Waals surface area contributed by atoms with Crippen molar-refractivity contribution in [3.63, 3.8) is 0 Å². The molecule has 2 N–H and O–H groups in total. The number of benzene rings is 1. The van der Waals surface area contributed by atoms with E-state index in [1.807, 2.05) is 0 Å². The summed E-state index contributed by atoms with van der Waals surface area (Å²) < 4.78 is 5.21. The van der Waals surface area contributed by atoms with Crippen molar-refractivity contribution in [1.82, 2.24) is 0 Å². The topological polar surface area (TPSA) is 66.8 Å². The molecule has 0 aliphatic rings. The first-order chi connectivity index (χ1) is 10.6. The Labute approximate surface area is 133 Å².